The predicted octanol–water partition coefficient (Wildman–Crippen LogP) is 0.688. The Hall–Kier alpha value is -2.18. The highest BCUT2D eigenvalue weighted by Crippen LogP contribution is 2.28. The van der Waals surface area contributed by atoms with Crippen molar-refractivity contribution < 1.29 is 18.8 Å². The largest absolute Gasteiger partial charge is 0.423 e. The zero-order valence-corrected chi connectivity index (χ0v) is 16.2. The Bertz CT molecular complexity index is 953. The van der Waals surface area contributed by atoms with E-state index >= 15 is 0 Å². The summed E-state index contributed by atoms with van der Waals surface area (Å²) < 4.78 is 11.0. The van der Waals surface area contributed by atoms with E-state index in [1.54, 1.807) is 6.07 Å². The third kappa shape index (κ3) is 3.35. The van der Waals surface area contributed by atoms with E-state index in [9.17, 15) is 9.59 Å². The molecular weight excluding hydrogens is 356 g/mol. The molecular formula is C22H27N2O4+. The number of ether oxygens (including phenoxy) is 1. The van der Waals surface area contributed by atoms with Gasteiger partial charge in [-0.1, -0.05) is 0 Å². The summed E-state index contributed by atoms with van der Waals surface area (Å²) >= 11 is 0. The molecule has 0 radical (unpaired) electrons. The number of aryl methyl sites for hydroxylation is 2. The van der Waals surface area contributed by atoms with Gasteiger partial charge in [-0.2, -0.15) is 0 Å². The molecule has 2 aliphatic heterocycles. The van der Waals surface area contributed by atoms with Crippen LogP contribution in [0, 0.1) is 0 Å². The molecule has 5 rings (SSSR count). The fourth-order valence-electron chi connectivity index (χ4n) is 4.91. The molecule has 3 aliphatic rings. The van der Waals surface area contributed by atoms with Crippen LogP contribution in [0.4, 0.5) is 0 Å². The summed E-state index contributed by atoms with van der Waals surface area (Å²) in [5.74, 6) is 0.151. The van der Waals surface area contributed by atoms with Gasteiger partial charge in [-0.05, 0) is 55.4 Å². The second-order valence-corrected chi connectivity index (χ2v) is 8.32. The number of fused-ring (bicyclic) bond motifs is 2. The lowest BCUT2D eigenvalue weighted by molar-refractivity contribution is -0.917. The first-order valence-corrected chi connectivity index (χ1v) is 10.5. The van der Waals surface area contributed by atoms with E-state index in [0.717, 1.165) is 74.9 Å². The number of carbonyl (C=O) groups excluding carboxylic acids is 1. The van der Waals surface area contributed by atoms with E-state index in [0.29, 0.717) is 6.61 Å². The Balaban J connectivity index is 1.31. The maximum absolute atomic E-state index is 12.5. The maximum atomic E-state index is 12.5. The predicted molar refractivity (Wildman–Crippen MR) is 104 cm³/mol. The van der Waals surface area contributed by atoms with Gasteiger partial charge in [-0.25, -0.2) is 4.79 Å². The first-order chi connectivity index (χ1) is 13.7. The number of rotatable bonds is 3. The molecule has 6 nitrogen and oxygen atoms in total. The lowest BCUT2D eigenvalue weighted by atomic mass is 10.0. The topological polar surface area (TPSA) is 64.2 Å². The molecule has 28 heavy (non-hydrogen) atoms. The van der Waals surface area contributed by atoms with Gasteiger partial charge in [-0.15, -0.1) is 0 Å². The molecule has 2 aromatic rings. The molecule has 0 saturated carbocycles. The van der Waals surface area contributed by atoms with E-state index < -0.39 is 0 Å². The van der Waals surface area contributed by atoms with Gasteiger partial charge in [0.25, 0.3) is 5.91 Å². The van der Waals surface area contributed by atoms with Gasteiger partial charge in [0.2, 0.25) is 0 Å². The Morgan fingerprint density at radius 2 is 1.89 bits per heavy atom. The van der Waals surface area contributed by atoms with Crippen molar-refractivity contribution in [3.8, 4) is 0 Å². The number of amides is 1. The van der Waals surface area contributed by atoms with Crippen molar-refractivity contribution in [1.82, 2.24) is 4.90 Å². The van der Waals surface area contributed by atoms with Gasteiger partial charge >= 0.3 is 5.63 Å². The number of hydrogen-bond acceptors (Lipinski definition) is 4. The van der Waals surface area contributed by atoms with Crippen LogP contribution in [0.15, 0.2) is 27.4 Å². The average molecular weight is 383 g/mol. The van der Waals surface area contributed by atoms with E-state index in [4.69, 9.17) is 9.15 Å². The van der Waals surface area contributed by atoms with Gasteiger partial charge < -0.3 is 19.0 Å². The molecule has 1 N–H and O–H groups in total. The smallest absolute Gasteiger partial charge is 0.336 e. The van der Waals surface area contributed by atoms with Crippen LogP contribution in [0.1, 0.15) is 36.0 Å². The van der Waals surface area contributed by atoms with Crippen molar-refractivity contribution in [2.45, 2.75) is 44.8 Å². The molecule has 1 aliphatic carbocycles. The quantitative estimate of drug-likeness (QED) is 0.792. The molecule has 2 saturated heterocycles. The van der Waals surface area contributed by atoms with Gasteiger partial charge in [-0.3, -0.25) is 4.79 Å². The van der Waals surface area contributed by atoms with Gasteiger partial charge in [0.05, 0.1) is 26.2 Å². The standard InChI is InChI=1S/C22H26N2O4/c25-21-13-17(18-11-15-3-1-4-16(15)12-20(18)28-21)14-23-6-8-24(9-7-23)22(26)19-5-2-10-27-19/h11-13,19H,1-10,14H2/p+1/t19-/m1/s1. The highest BCUT2D eigenvalue weighted by Gasteiger charge is 2.31. The van der Waals surface area contributed by atoms with Crippen LogP contribution in [0.25, 0.3) is 11.0 Å². The van der Waals surface area contributed by atoms with E-state index in [2.05, 4.69) is 12.1 Å². The number of hydrogen-bond donors (Lipinski definition) is 1. The molecule has 0 bridgehead atoms. The van der Waals surface area contributed by atoms with Crippen LogP contribution in [-0.2, 0) is 28.9 Å². The minimum Gasteiger partial charge on any atom is -0.423 e. The third-order valence-corrected chi connectivity index (χ3v) is 6.47. The molecule has 2 fully saturated rings. The fraction of sp³-hybridized carbons (Fsp3) is 0.545. The molecule has 1 aromatic carbocycles. The van der Waals surface area contributed by atoms with Crippen LogP contribution in [0.5, 0.6) is 0 Å². The maximum Gasteiger partial charge on any atom is 0.336 e. The summed E-state index contributed by atoms with van der Waals surface area (Å²) in [6, 6.07) is 5.95. The zero-order valence-electron chi connectivity index (χ0n) is 16.2. The number of benzene rings is 1. The van der Waals surface area contributed by atoms with Crippen molar-refractivity contribution in [2.24, 2.45) is 0 Å². The number of piperazine rings is 1. The van der Waals surface area contributed by atoms with Crippen molar-refractivity contribution in [1.29, 1.82) is 0 Å². The Morgan fingerprint density at radius 3 is 2.64 bits per heavy atom. The first kappa shape index (κ1) is 17.9. The molecule has 6 heteroatoms. The Morgan fingerprint density at radius 1 is 1.11 bits per heavy atom. The van der Waals surface area contributed by atoms with Gasteiger partial charge in [0.1, 0.15) is 18.2 Å². The third-order valence-electron chi connectivity index (χ3n) is 6.47. The molecule has 1 amide bonds. The van der Waals surface area contributed by atoms with E-state index in [1.807, 2.05) is 4.90 Å². The van der Waals surface area contributed by atoms with Crippen molar-refractivity contribution >= 4 is 16.9 Å². The lowest BCUT2D eigenvalue weighted by Gasteiger charge is -2.33. The molecule has 3 heterocycles. The van der Waals surface area contributed by atoms with Crippen molar-refractivity contribution in [2.75, 3.05) is 32.8 Å². The fourth-order valence-corrected chi connectivity index (χ4v) is 4.91. The molecule has 0 unspecified atom stereocenters. The highest BCUT2D eigenvalue weighted by atomic mass is 16.5. The van der Waals surface area contributed by atoms with Crippen molar-refractivity contribution in [3.63, 3.8) is 0 Å². The van der Waals surface area contributed by atoms with Gasteiger partial charge in [0.15, 0.2) is 0 Å². The Labute approximate surface area is 164 Å². The Kier molecular flexibility index (Phi) is 4.69. The molecule has 1 atom stereocenters. The van der Waals surface area contributed by atoms with Crippen LogP contribution in [-0.4, -0.2) is 49.7 Å². The second kappa shape index (κ2) is 7.33. The normalized spacial score (nSPS) is 22.7. The first-order valence-electron chi connectivity index (χ1n) is 10.5. The summed E-state index contributed by atoms with van der Waals surface area (Å²) in [6.45, 7) is 4.79. The summed E-state index contributed by atoms with van der Waals surface area (Å²) in [4.78, 5) is 28.0. The molecule has 0 spiro atoms. The van der Waals surface area contributed by atoms with Crippen molar-refractivity contribution in [3.05, 3.63) is 45.3 Å². The lowest BCUT2D eigenvalue weighted by Crippen LogP contribution is -3.13. The van der Waals surface area contributed by atoms with Crippen LogP contribution in [0.2, 0.25) is 0 Å². The molecule has 1 aromatic heterocycles. The van der Waals surface area contributed by atoms with Gasteiger partial charge in [0, 0.05) is 23.6 Å². The number of nitrogens with zero attached hydrogens (tertiary/aromatic N) is 1. The SMILES string of the molecule is O=C([C@H]1CCCO1)N1CC[NH+](Cc2cc(=O)oc3cc4c(cc23)CCC4)CC1. The summed E-state index contributed by atoms with van der Waals surface area (Å²) in [7, 11) is 0. The highest BCUT2D eigenvalue weighted by molar-refractivity contribution is 5.82. The van der Waals surface area contributed by atoms with Crippen LogP contribution in [0.3, 0.4) is 0 Å². The second-order valence-electron chi connectivity index (χ2n) is 8.32. The van der Waals surface area contributed by atoms with Crippen LogP contribution >= 0.6 is 0 Å². The molecule has 148 valence electrons. The summed E-state index contributed by atoms with van der Waals surface area (Å²) in [5, 5.41) is 1.07. The minimum absolute atomic E-state index is 0.151. The minimum atomic E-state index is -0.271. The summed E-state index contributed by atoms with van der Waals surface area (Å²) in [5.41, 5.74) is 4.22. The zero-order chi connectivity index (χ0) is 19.1. The summed E-state index contributed by atoms with van der Waals surface area (Å²) in [6.07, 6.45) is 4.96. The number of quaternary nitrogens is 1. The van der Waals surface area contributed by atoms with Crippen LogP contribution < -0.4 is 10.5 Å². The number of nitrogens with one attached hydrogen (secondary N) is 1. The van der Waals surface area contributed by atoms with E-state index in [-0.39, 0.29) is 17.6 Å². The number of carbonyl (C=O) groups is 1. The average Bonchev–Trinajstić information content (AvgIpc) is 3.38. The monoisotopic (exact) mass is 383 g/mol. The van der Waals surface area contributed by atoms with E-state index in [1.165, 1.54) is 22.4 Å².